The van der Waals surface area contributed by atoms with E-state index in [9.17, 15) is 0 Å². The normalized spacial score (nSPS) is 20.9. The summed E-state index contributed by atoms with van der Waals surface area (Å²) in [5, 5.41) is 9.31. The molecule has 2 aliphatic rings. The highest BCUT2D eigenvalue weighted by Crippen LogP contribution is 2.43. The summed E-state index contributed by atoms with van der Waals surface area (Å²) in [5.41, 5.74) is 2.66. The van der Waals surface area contributed by atoms with Crippen LogP contribution in [0, 0.1) is 19.7 Å². The average Bonchev–Trinajstić information content (AvgIpc) is 3.44. The number of ether oxygens (including phenoxy) is 1. The molecule has 1 saturated heterocycles. The van der Waals surface area contributed by atoms with Crippen molar-refractivity contribution in [3.05, 3.63) is 69.0 Å². The lowest BCUT2D eigenvalue weighted by Gasteiger charge is -2.30. The Morgan fingerprint density at radius 3 is 2.42 bits per heavy atom. The largest absolute Gasteiger partial charge is 0.481 e. The number of rotatable bonds is 4. The molecule has 0 spiro atoms. The second-order valence-corrected chi connectivity index (χ2v) is 9.10. The molecule has 3 aromatic rings. The number of halogens is 3. The second kappa shape index (κ2) is 8.08. The van der Waals surface area contributed by atoms with Crippen molar-refractivity contribution in [2.75, 3.05) is 13.1 Å². The molecule has 1 aliphatic carbocycles. The number of aryl methyl sites for hydroxylation is 2. The van der Waals surface area contributed by atoms with E-state index in [4.69, 9.17) is 27.9 Å². The van der Waals surface area contributed by atoms with Gasteiger partial charge in [-0.3, -0.25) is 9.47 Å². The van der Waals surface area contributed by atoms with Gasteiger partial charge in [-0.25, -0.2) is 4.39 Å². The van der Waals surface area contributed by atoms with E-state index in [-0.39, 0.29) is 17.9 Å². The molecule has 2 atom stereocenters. The van der Waals surface area contributed by atoms with Gasteiger partial charge in [0.05, 0.1) is 11.7 Å². The molecule has 1 aliphatic heterocycles. The van der Waals surface area contributed by atoms with Crippen molar-refractivity contribution in [3.63, 3.8) is 0 Å². The van der Waals surface area contributed by atoms with Gasteiger partial charge in [-0.15, -0.1) is 10.2 Å². The molecule has 5 rings (SSSR count). The van der Waals surface area contributed by atoms with Crippen LogP contribution in [0.4, 0.5) is 4.39 Å². The SMILES string of the molecule is Cc1nnc(C)n1-c1ccc(O[C@H]2c3cc(Cl)cc(Cl)c3C[C@H]2N2CCCC2)c(F)c1. The number of benzene rings is 2. The first-order valence-electron chi connectivity index (χ1n) is 10.5. The Balaban J connectivity index is 1.50. The van der Waals surface area contributed by atoms with Crippen molar-refractivity contribution in [1.82, 2.24) is 19.7 Å². The van der Waals surface area contributed by atoms with Gasteiger partial charge in [0.15, 0.2) is 11.6 Å². The first kappa shape index (κ1) is 20.7. The zero-order valence-electron chi connectivity index (χ0n) is 17.4. The topological polar surface area (TPSA) is 43.2 Å². The summed E-state index contributed by atoms with van der Waals surface area (Å²) in [5.74, 6) is 1.19. The number of fused-ring (bicyclic) bond motifs is 1. The van der Waals surface area contributed by atoms with Crippen LogP contribution in [0.1, 0.15) is 41.7 Å². The highest BCUT2D eigenvalue weighted by atomic mass is 35.5. The molecule has 0 radical (unpaired) electrons. The Kier molecular flexibility index (Phi) is 5.40. The minimum atomic E-state index is -0.424. The van der Waals surface area contributed by atoms with Gasteiger partial charge in [-0.05, 0) is 76.0 Å². The average molecular weight is 461 g/mol. The molecule has 162 valence electrons. The van der Waals surface area contributed by atoms with E-state index < -0.39 is 5.82 Å². The second-order valence-electron chi connectivity index (χ2n) is 8.25. The number of nitrogens with zero attached hydrogens (tertiary/aromatic N) is 4. The van der Waals surface area contributed by atoms with Crippen molar-refractivity contribution in [1.29, 1.82) is 0 Å². The minimum Gasteiger partial charge on any atom is -0.481 e. The summed E-state index contributed by atoms with van der Waals surface area (Å²) >= 11 is 12.8. The Hall–Kier alpha value is -2.15. The third-order valence-electron chi connectivity index (χ3n) is 6.29. The van der Waals surface area contributed by atoms with Crippen LogP contribution < -0.4 is 4.74 Å². The first-order chi connectivity index (χ1) is 14.9. The summed E-state index contributed by atoms with van der Waals surface area (Å²) in [6.45, 7) is 5.70. The van der Waals surface area contributed by atoms with Gasteiger partial charge in [0, 0.05) is 21.7 Å². The lowest BCUT2D eigenvalue weighted by Crippen LogP contribution is -2.38. The number of hydrogen-bond acceptors (Lipinski definition) is 4. The van der Waals surface area contributed by atoms with Gasteiger partial charge < -0.3 is 4.74 Å². The van der Waals surface area contributed by atoms with E-state index in [0.717, 1.165) is 43.5 Å². The van der Waals surface area contributed by atoms with Gasteiger partial charge in [-0.2, -0.15) is 0 Å². The minimum absolute atomic E-state index is 0.106. The van der Waals surface area contributed by atoms with Crippen molar-refractivity contribution >= 4 is 23.2 Å². The molecule has 0 unspecified atom stereocenters. The standard InChI is InChI=1S/C23H23Cl2FN4O/c1-13-27-28-14(2)30(13)16-5-6-22(20(26)11-16)31-23-18-9-15(24)10-19(25)17(18)12-21(23)29-7-3-4-8-29/h5-6,9-11,21,23H,3-4,7-8,12H2,1-2H3/t21-,23+/m1/s1. The molecular formula is C23H23Cl2FN4O. The van der Waals surface area contributed by atoms with Crippen LogP contribution >= 0.6 is 23.2 Å². The molecule has 2 heterocycles. The van der Waals surface area contributed by atoms with E-state index in [1.807, 2.05) is 30.5 Å². The predicted octanol–water partition coefficient (Wildman–Crippen LogP) is 5.47. The smallest absolute Gasteiger partial charge is 0.167 e. The fourth-order valence-corrected chi connectivity index (χ4v) is 5.44. The van der Waals surface area contributed by atoms with Crippen molar-refractivity contribution < 1.29 is 9.13 Å². The van der Waals surface area contributed by atoms with Crippen molar-refractivity contribution in [2.45, 2.75) is 45.3 Å². The summed E-state index contributed by atoms with van der Waals surface area (Å²) in [7, 11) is 0. The lowest BCUT2D eigenvalue weighted by atomic mass is 10.1. The highest BCUT2D eigenvalue weighted by Gasteiger charge is 2.40. The monoisotopic (exact) mass is 460 g/mol. The number of aromatic nitrogens is 3. The highest BCUT2D eigenvalue weighted by molar-refractivity contribution is 6.35. The van der Waals surface area contributed by atoms with E-state index in [1.54, 1.807) is 12.1 Å². The number of likely N-dealkylation sites (tertiary alicyclic amines) is 1. The fourth-order valence-electron chi connectivity index (χ4n) is 4.86. The van der Waals surface area contributed by atoms with Gasteiger partial charge in [0.2, 0.25) is 0 Å². The van der Waals surface area contributed by atoms with Crippen LogP contribution in [0.2, 0.25) is 10.0 Å². The van der Waals surface area contributed by atoms with Gasteiger partial charge in [0.1, 0.15) is 17.8 Å². The molecule has 0 bridgehead atoms. The van der Waals surface area contributed by atoms with Crippen molar-refractivity contribution in [2.24, 2.45) is 0 Å². The zero-order chi connectivity index (χ0) is 21.7. The summed E-state index contributed by atoms with van der Waals surface area (Å²) in [6.07, 6.45) is 2.77. The first-order valence-corrected chi connectivity index (χ1v) is 11.2. The Labute approximate surface area is 190 Å². The molecule has 1 aromatic heterocycles. The molecule has 1 fully saturated rings. The maximum atomic E-state index is 15.2. The molecule has 0 N–H and O–H groups in total. The Morgan fingerprint density at radius 1 is 1.03 bits per heavy atom. The van der Waals surface area contributed by atoms with Crippen LogP contribution in [-0.2, 0) is 6.42 Å². The molecule has 5 nitrogen and oxygen atoms in total. The van der Waals surface area contributed by atoms with Crippen LogP contribution in [0.15, 0.2) is 30.3 Å². The van der Waals surface area contributed by atoms with Gasteiger partial charge >= 0.3 is 0 Å². The molecule has 0 saturated carbocycles. The maximum Gasteiger partial charge on any atom is 0.167 e. The molecule has 8 heteroatoms. The van der Waals surface area contributed by atoms with Gasteiger partial charge in [0.25, 0.3) is 0 Å². The molecule has 0 amide bonds. The van der Waals surface area contributed by atoms with Crippen LogP contribution in [-0.4, -0.2) is 38.8 Å². The maximum absolute atomic E-state index is 15.2. The van der Waals surface area contributed by atoms with Crippen LogP contribution in [0.3, 0.4) is 0 Å². The summed E-state index contributed by atoms with van der Waals surface area (Å²) in [6, 6.07) is 8.74. The third-order valence-corrected chi connectivity index (χ3v) is 6.84. The number of hydrogen-bond donors (Lipinski definition) is 0. The molecule has 2 aromatic carbocycles. The third kappa shape index (κ3) is 3.71. The van der Waals surface area contributed by atoms with E-state index >= 15 is 4.39 Å². The van der Waals surface area contributed by atoms with Crippen LogP contribution in [0.25, 0.3) is 5.69 Å². The lowest BCUT2D eigenvalue weighted by molar-refractivity contribution is 0.0906. The van der Waals surface area contributed by atoms with E-state index in [2.05, 4.69) is 15.1 Å². The Bertz CT molecular complexity index is 1120. The molecule has 31 heavy (non-hydrogen) atoms. The summed E-state index contributed by atoms with van der Waals surface area (Å²) < 4.78 is 23.3. The summed E-state index contributed by atoms with van der Waals surface area (Å²) in [4.78, 5) is 2.42. The Morgan fingerprint density at radius 2 is 1.74 bits per heavy atom. The van der Waals surface area contributed by atoms with Crippen LogP contribution in [0.5, 0.6) is 5.75 Å². The zero-order valence-corrected chi connectivity index (χ0v) is 18.9. The quantitative estimate of drug-likeness (QED) is 0.517. The molecular weight excluding hydrogens is 438 g/mol. The van der Waals surface area contributed by atoms with Gasteiger partial charge in [-0.1, -0.05) is 23.2 Å². The van der Waals surface area contributed by atoms with E-state index in [0.29, 0.717) is 27.4 Å². The fraction of sp³-hybridized carbons (Fsp3) is 0.391. The van der Waals surface area contributed by atoms with E-state index in [1.165, 1.54) is 6.07 Å². The predicted molar refractivity (Wildman–Crippen MR) is 119 cm³/mol. The van der Waals surface area contributed by atoms with Crippen molar-refractivity contribution in [3.8, 4) is 11.4 Å².